The standard InChI is InChI=1S/C23H17ClN4O3S/c1-13-9-16(31-23-14(12-25)3-2-8-26-23)5-6-17(13)27-21(29)11-20-22(30)28-18-10-15(24)4-7-19(18)32-20/h2-10,20H,11H2,1H3,(H,27,29)(H,28,30). The highest BCUT2D eigenvalue weighted by atomic mass is 35.5. The summed E-state index contributed by atoms with van der Waals surface area (Å²) < 4.78 is 5.71. The van der Waals surface area contributed by atoms with Gasteiger partial charge in [-0.05, 0) is 61.0 Å². The van der Waals surface area contributed by atoms with Crippen LogP contribution in [0.25, 0.3) is 0 Å². The molecule has 9 heteroatoms. The molecule has 2 N–H and O–H groups in total. The van der Waals surface area contributed by atoms with E-state index in [1.165, 1.54) is 11.8 Å². The van der Waals surface area contributed by atoms with Crippen LogP contribution in [0.2, 0.25) is 5.02 Å². The Morgan fingerprint density at radius 3 is 2.94 bits per heavy atom. The number of rotatable bonds is 5. The number of carbonyl (C=O) groups is 2. The van der Waals surface area contributed by atoms with Crippen molar-refractivity contribution in [1.29, 1.82) is 5.26 Å². The monoisotopic (exact) mass is 464 g/mol. The number of halogens is 1. The van der Waals surface area contributed by atoms with E-state index in [4.69, 9.17) is 21.6 Å². The van der Waals surface area contributed by atoms with Crippen molar-refractivity contribution in [3.8, 4) is 17.7 Å². The Labute approximate surface area is 193 Å². The molecule has 0 saturated heterocycles. The third kappa shape index (κ3) is 4.85. The predicted molar refractivity (Wildman–Crippen MR) is 123 cm³/mol. The lowest BCUT2D eigenvalue weighted by Gasteiger charge is -2.24. The van der Waals surface area contributed by atoms with E-state index in [1.807, 2.05) is 19.1 Å². The third-order valence-electron chi connectivity index (χ3n) is 4.71. The van der Waals surface area contributed by atoms with E-state index in [1.54, 1.807) is 48.7 Å². The van der Waals surface area contributed by atoms with Crippen LogP contribution in [0.5, 0.6) is 11.6 Å². The second-order valence-corrected chi connectivity index (χ2v) is 8.72. The lowest BCUT2D eigenvalue weighted by molar-refractivity contribution is -0.120. The van der Waals surface area contributed by atoms with Gasteiger partial charge in [-0.1, -0.05) is 11.6 Å². The highest BCUT2D eigenvalue weighted by molar-refractivity contribution is 8.01. The summed E-state index contributed by atoms with van der Waals surface area (Å²) in [5.74, 6) is 0.202. The van der Waals surface area contributed by atoms with Gasteiger partial charge in [-0.2, -0.15) is 5.26 Å². The van der Waals surface area contributed by atoms with Crippen LogP contribution in [-0.4, -0.2) is 22.0 Å². The molecule has 0 saturated carbocycles. The number of aryl methyl sites for hydroxylation is 1. The minimum absolute atomic E-state index is 0.0235. The number of nitriles is 1. The average molecular weight is 465 g/mol. The van der Waals surface area contributed by atoms with E-state index in [-0.39, 0.29) is 24.1 Å². The zero-order chi connectivity index (χ0) is 22.7. The Bertz CT molecular complexity index is 1260. The highest BCUT2D eigenvalue weighted by Crippen LogP contribution is 2.38. The van der Waals surface area contributed by atoms with Gasteiger partial charge in [-0.25, -0.2) is 4.98 Å². The first-order valence-electron chi connectivity index (χ1n) is 9.63. The summed E-state index contributed by atoms with van der Waals surface area (Å²) in [6.07, 6.45) is 1.57. The number of ether oxygens (including phenoxy) is 1. The van der Waals surface area contributed by atoms with Crippen molar-refractivity contribution in [2.75, 3.05) is 10.6 Å². The molecule has 32 heavy (non-hydrogen) atoms. The van der Waals surface area contributed by atoms with Crippen molar-refractivity contribution in [2.24, 2.45) is 0 Å². The van der Waals surface area contributed by atoms with Crippen LogP contribution in [0.3, 0.4) is 0 Å². The average Bonchev–Trinajstić information content (AvgIpc) is 2.77. The molecule has 160 valence electrons. The molecule has 3 aromatic rings. The Kier molecular flexibility index (Phi) is 6.30. The largest absolute Gasteiger partial charge is 0.438 e. The molecule has 2 heterocycles. The normalized spacial score (nSPS) is 14.7. The summed E-state index contributed by atoms with van der Waals surface area (Å²) >= 11 is 7.31. The van der Waals surface area contributed by atoms with E-state index in [9.17, 15) is 9.59 Å². The van der Waals surface area contributed by atoms with E-state index in [2.05, 4.69) is 15.6 Å². The maximum Gasteiger partial charge on any atom is 0.238 e. The van der Waals surface area contributed by atoms with Crippen LogP contribution < -0.4 is 15.4 Å². The SMILES string of the molecule is Cc1cc(Oc2ncccc2C#N)ccc1NC(=O)CC1Sc2ccc(Cl)cc2NC1=O. The molecule has 1 atom stereocenters. The first-order chi connectivity index (χ1) is 15.4. The fourth-order valence-corrected chi connectivity index (χ4v) is 4.40. The Hall–Kier alpha value is -3.54. The fraction of sp³-hybridized carbons (Fsp3) is 0.130. The van der Waals surface area contributed by atoms with Gasteiger partial charge in [-0.3, -0.25) is 9.59 Å². The zero-order valence-electron chi connectivity index (χ0n) is 16.9. The molecule has 0 spiro atoms. The number of amides is 2. The number of benzene rings is 2. The smallest absolute Gasteiger partial charge is 0.238 e. The Balaban J connectivity index is 1.41. The van der Waals surface area contributed by atoms with Gasteiger partial charge in [-0.15, -0.1) is 11.8 Å². The topological polar surface area (TPSA) is 104 Å². The maximum atomic E-state index is 12.6. The molecule has 0 fully saturated rings. The Morgan fingerprint density at radius 1 is 1.31 bits per heavy atom. The first-order valence-corrected chi connectivity index (χ1v) is 10.9. The number of nitrogens with zero attached hydrogens (tertiary/aromatic N) is 2. The molecule has 4 rings (SSSR count). The van der Waals surface area contributed by atoms with Crippen LogP contribution in [0, 0.1) is 18.3 Å². The van der Waals surface area contributed by atoms with Crippen LogP contribution in [-0.2, 0) is 9.59 Å². The van der Waals surface area contributed by atoms with Crippen molar-refractivity contribution < 1.29 is 14.3 Å². The summed E-state index contributed by atoms with van der Waals surface area (Å²) in [5, 5.41) is 14.8. The number of hydrogen-bond acceptors (Lipinski definition) is 6. The molecule has 7 nitrogen and oxygen atoms in total. The molecule has 1 aliphatic heterocycles. The van der Waals surface area contributed by atoms with E-state index in [0.29, 0.717) is 27.7 Å². The molecule has 0 bridgehead atoms. The number of pyridine rings is 1. The number of anilines is 2. The quantitative estimate of drug-likeness (QED) is 0.541. The molecular weight excluding hydrogens is 448 g/mol. The van der Waals surface area contributed by atoms with Gasteiger partial charge in [0.15, 0.2) is 0 Å². The summed E-state index contributed by atoms with van der Waals surface area (Å²) in [6, 6.07) is 15.7. The van der Waals surface area contributed by atoms with Crippen LogP contribution in [0.1, 0.15) is 17.5 Å². The van der Waals surface area contributed by atoms with Gasteiger partial charge in [0.05, 0.1) is 10.9 Å². The lowest BCUT2D eigenvalue weighted by Crippen LogP contribution is -2.32. The van der Waals surface area contributed by atoms with Crippen molar-refractivity contribution in [3.63, 3.8) is 0 Å². The summed E-state index contributed by atoms with van der Waals surface area (Å²) in [5.41, 5.74) is 2.36. The number of fused-ring (bicyclic) bond motifs is 1. The van der Waals surface area contributed by atoms with Crippen molar-refractivity contribution in [1.82, 2.24) is 4.98 Å². The summed E-state index contributed by atoms with van der Waals surface area (Å²) in [4.78, 5) is 29.9. The fourth-order valence-electron chi connectivity index (χ4n) is 3.14. The van der Waals surface area contributed by atoms with E-state index >= 15 is 0 Å². The van der Waals surface area contributed by atoms with Crippen LogP contribution in [0.15, 0.2) is 59.6 Å². The van der Waals surface area contributed by atoms with Gasteiger partial charge >= 0.3 is 0 Å². The number of nitrogens with one attached hydrogen (secondary N) is 2. The van der Waals surface area contributed by atoms with Gasteiger partial charge < -0.3 is 15.4 Å². The summed E-state index contributed by atoms with van der Waals surface area (Å²) in [6.45, 7) is 1.83. The number of thioether (sulfide) groups is 1. The number of carbonyl (C=O) groups excluding carboxylic acids is 2. The van der Waals surface area contributed by atoms with Crippen molar-refractivity contribution >= 4 is 46.6 Å². The van der Waals surface area contributed by atoms with Gasteiger partial charge in [0.25, 0.3) is 0 Å². The second kappa shape index (κ2) is 9.30. The second-order valence-electron chi connectivity index (χ2n) is 7.04. The first kappa shape index (κ1) is 21.7. The molecular formula is C23H17ClN4O3S. The summed E-state index contributed by atoms with van der Waals surface area (Å²) in [7, 11) is 0. The molecule has 0 aliphatic carbocycles. The van der Waals surface area contributed by atoms with Gasteiger partial charge in [0.1, 0.15) is 17.4 Å². The molecule has 1 aliphatic rings. The van der Waals surface area contributed by atoms with Crippen molar-refractivity contribution in [3.05, 3.63) is 70.9 Å². The van der Waals surface area contributed by atoms with Crippen molar-refractivity contribution in [2.45, 2.75) is 23.5 Å². The lowest BCUT2D eigenvalue weighted by atomic mass is 10.1. The van der Waals surface area contributed by atoms with Gasteiger partial charge in [0.2, 0.25) is 17.7 Å². The highest BCUT2D eigenvalue weighted by Gasteiger charge is 2.29. The molecule has 0 radical (unpaired) electrons. The minimum atomic E-state index is -0.542. The van der Waals surface area contributed by atoms with E-state index < -0.39 is 5.25 Å². The minimum Gasteiger partial charge on any atom is -0.438 e. The molecule has 1 aromatic heterocycles. The molecule has 1 unspecified atom stereocenters. The molecule has 2 aromatic carbocycles. The van der Waals surface area contributed by atoms with Crippen LogP contribution in [0.4, 0.5) is 11.4 Å². The number of aromatic nitrogens is 1. The number of hydrogen-bond donors (Lipinski definition) is 2. The predicted octanol–water partition coefficient (Wildman–Crippen LogP) is 5.15. The Morgan fingerprint density at radius 2 is 2.16 bits per heavy atom. The van der Waals surface area contributed by atoms with Gasteiger partial charge in [0, 0.05) is 28.2 Å². The van der Waals surface area contributed by atoms with Crippen LogP contribution >= 0.6 is 23.4 Å². The zero-order valence-corrected chi connectivity index (χ0v) is 18.5. The molecule has 2 amide bonds. The maximum absolute atomic E-state index is 12.6. The third-order valence-corrected chi connectivity index (χ3v) is 6.22. The van der Waals surface area contributed by atoms with E-state index in [0.717, 1.165) is 10.5 Å².